The molecule has 1 fully saturated rings. The number of nitrogens with zero attached hydrogens (tertiary/aromatic N) is 1. The number of amides is 1. The molecule has 2 rings (SSSR count). The number of hydrogen-bond acceptors (Lipinski definition) is 2. The highest BCUT2D eigenvalue weighted by atomic mass is 19.4. The van der Waals surface area contributed by atoms with Crippen molar-refractivity contribution in [2.24, 2.45) is 0 Å². The molecule has 0 spiro atoms. The maximum absolute atomic E-state index is 12.9. The second kappa shape index (κ2) is 5.67. The molecule has 1 aliphatic rings. The Morgan fingerprint density at radius 1 is 1.33 bits per heavy atom. The van der Waals surface area contributed by atoms with E-state index in [0.717, 1.165) is 6.07 Å². The predicted molar refractivity (Wildman–Crippen MR) is 75.2 cm³/mol. The van der Waals surface area contributed by atoms with Crippen LogP contribution in [0.4, 0.5) is 18.9 Å². The molecule has 1 aromatic carbocycles. The van der Waals surface area contributed by atoms with Crippen LogP contribution in [0.15, 0.2) is 18.2 Å². The van der Waals surface area contributed by atoms with Crippen LogP contribution in [-0.4, -0.2) is 24.5 Å². The second-order valence-corrected chi connectivity index (χ2v) is 5.65. The van der Waals surface area contributed by atoms with Gasteiger partial charge in [0, 0.05) is 18.3 Å². The summed E-state index contributed by atoms with van der Waals surface area (Å²) in [5.41, 5.74) is -0.214. The highest BCUT2D eigenvalue weighted by Gasteiger charge is 2.36. The summed E-state index contributed by atoms with van der Waals surface area (Å²) in [6.07, 6.45) is -3.80. The Labute approximate surface area is 122 Å². The molecule has 1 heterocycles. The van der Waals surface area contributed by atoms with Gasteiger partial charge in [-0.2, -0.15) is 13.2 Å². The average molecular weight is 300 g/mol. The smallest absolute Gasteiger partial charge is 0.311 e. The highest BCUT2D eigenvalue weighted by Crippen LogP contribution is 2.35. The van der Waals surface area contributed by atoms with Gasteiger partial charge in [0.25, 0.3) is 0 Å². The van der Waals surface area contributed by atoms with Gasteiger partial charge in [-0.05, 0) is 31.0 Å². The minimum atomic E-state index is -4.40. The summed E-state index contributed by atoms with van der Waals surface area (Å²) in [6, 6.07) is 3.88. The molecule has 0 aromatic heterocycles. The molecule has 1 N–H and O–H groups in total. The van der Waals surface area contributed by atoms with Crippen LogP contribution in [0.3, 0.4) is 0 Å². The fourth-order valence-electron chi connectivity index (χ4n) is 2.58. The Bertz CT molecular complexity index is 540. The number of anilines is 1. The molecular weight excluding hydrogens is 281 g/mol. The molecule has 116 valence electrons. The summed E-state index contributed by atoms with van der Waals surface area (Å²) in [7, 11) is 0. The van der Waals surface area contributed by atoms with Crippen LogP contribution in [0.1, 0.15) is 31.4 Å². The standard InChI is InChI=1S/C15H19F3N2O/c1-9(2)19-13-6-7-20(14(13)21)11-5-4-10(3)12(8-11)15(16,17)18/h4-5,8-9,13,19H,6-7H2,1-3H3. The molecular formula is C15H19F3N2O. The van der Waals surface area contributed by atoms with Crippen molar-refractivity contribution in [1.82, 2.24) is 5.32 Å². The van der Waals surface area contributed by atoms with Gasteiger partial charge >= 0.3 is 6.18 Å². The molecule has 21 heavy (non-hydrogen) atoms. The van der Waals surface area contributed by atoms with Crippen molar-refractivity contribution in [2.45, 2.75) is 45.5 Å². The number of nitrogens with one attached hydrogen (secondary N) is 1. The van der Waals surface area contributed by atoms with Gasteiger partial charge in [0.05, 0.1) is 11.6 Å². The third-order valence-electron chi connectivity index (χ3n) is 3.58. The van der Waals surface area contributed by atoms with Gasteiger partial charge in [0.2, 0.25) is 5.91 Å². The zero-order valence-electron chi connectivity index (χ0n) is 12.3. The lowest BCUT2D eigenvalue weighted by atomic mass is 10.1. The summed E-state index contributed by atoms with van der Waals surface area (Å²) in [6.45, 7) is 5.72. The molecule has 0 bridgehead atoms. The van der Waals surface area contributed by atoms with Crippen LogP contribution >= 0.6 is 0 Å². The molecule has 0 aliphatic carbocycles. The molecule has 1 aliphatic heterocycles. The van der Waals surface area contributed by atoms with Crippen molar-refractivity contribution in [1.29, 1.82) is 0 Å². The second-order valence-electron chi connectivity index (χ2n) is 5.65. The van der Waals surface area contributed by atoms with Gasteiger partial charge < -0.3 is 10.2 Å². The maximum Gasteiger partial charge on any atom is 0.416 e. The Morgan fingerprint density at radius 2 is 2.00 bits per heavy atom. The van der Waals surface area contributed by atoms with Crippen molar-refractivity contribution in [3.8, 4) is 0 Å². The molecule has 1 unspecified atom stereocenters. The predicted octanol–water partition coefficient (Wildman–Crippen LogP) is 3.12. The molecule has 1 amide bonds. The van der Waals surface area contributed by atoms with E-state index in [9.17, 15) is 18.0 Å². The first-order valence-electron chi connectivity index (χ1n) is 6.95. The van der Waals surface area contributed by atoms with E-state index in [1.807, 2.05) is 13.8 Å². The summed E-state index contributed by atoms with van der Waals surface area (Å²) < 4.78 is 38.8. The lowest BCUT2D eigenvalue weighted by Crippen LogP contribution is -2.41. The minimum Gasteiger partial charge on any atom is -0.311 e. The van der Waals surface area contributed by atoms with E-state index in [0.29, 0.717) is 18.7 Å². The highest BCUT2D eigenvalue weighted by molar-refractivity contribution is 5.99. The summed E-state index contributed by atoms with van der Waals surface area (Å²) >= 11 is 0. The van der Waals surface area contributed by atoms with Crippen LogP contribution in [0.2, 0.25) is 0 Å². The lowest BCUT2D eigenvalue weighted by molar-refractivity contribution is -0.138. The number of aryl methyl sites for hydroxylation is 1. The Balaban J connectivity index is 2.26. The van der Waals surface area contributed by atoms with E-state index in [1.54, 1.807) is 6.07 Å². The van der Waals surface area contributed by atoms with Gasteiger partial charge in [-0.3, -0.25) is 4.79 Å². The third kappa shape index (κ3) is 3.37. The van der Waals surface area contributed by atoms with Gasteiger partial charge in [-0.15, -0.1) is 0 Å². The van der Waals surface area contributed by atoms with E-state index < -0.39 is 11.7 Å². The van der Waals surface area contributed by atoms with Crippen LogP contribution < -0.4 is 10.2 Å². The van der Waals surface area contributed by atoms with Crippen LogP contribution in [-0.2, 0) is 11.0 Å². The Kier molecular flexibility index (Phi) is 4.27. The van der Waals surface area contributed by atoms with Gasteiger partial charge in [-0.25, -0.2) is 0 Å². The number of hydrogen-bond donors (Lipinski definition) is 1. The summed E-state index contributed by atoms with van der Waals surface area (Å²) in [5.74, 6) is -0.166. The lowest BCUT2D eigenvalue weighted by Gasteiger charge is -2.20. The first kappa shape index (κ1) is 15.8. The summed E-state index contributed by atoms with van der Waals surface area (Å²) in [5, 5.41) is 3.13. The fraction of sp³-hybridized carbons (Fsp3) is 0.533. The number of halogens is 3. The molecule has 1 atom stereocenters. The Morgan fingerprint density at radius 3 is 2.57 bits per heavy atom. The first-order valence-corrected chi connectivity index (χ1v) is 6.95. The number of benzene rings is 1. The van der Waals surface area contributed by atoms with E-state index in [-0.39, 0.29) is 23.6 Å². The maximum atomic E-state index is 12.9. The zero-order chi connectivity index (χ0) is 15.8. The third-order valence-corrected chi connectivity index (χ3v) is 3.58. The van der Waals surface area contributed by atoms with Crippen LogP contribution in [0, 0.1) is 6.92 Å². The van der Waals surface area contributed by atoms with E-state index in [1.165, 1.54) is 17.9 Å². The number of alkyl halides is 3. The number of carbonyl (C=O) groups excluding carboxylic acids is 1. The quantitative estimate of drug-likeness (QED) is 0.930. The largest absolute Gasteiger partial charge is 0.416 e. The van der Waals surface area contributed by atoms with Crippen LogP contribution in [0.25, 0.3) is 0 Å². The normalized spacial score (nSPS) is 19.7. The van der Waals surface area contributed by atoms with Crippen molar-refractivity contribution < 1.29 is 18.0 Å². The molecule has 3 nitrogen and oxygen atoms in total. The van der Waals surface area contributed by atoms with Crippen molar-refractivity contribution in [3.05, 3.63) is 29.3 Å². The molecule has 1 saturated heterocycles. The van der Waals surface area contributed by atoms with Gasteiger partial charge in [0.15, 0.2) is 0 Å². The minimum absolute atomic E-state index is 0.155. The van der Waals surface area contributed by atoms with E-state index >= 15 is 0 Å². The van der Waals surface area contributed by atoms with Gasteiger partial charge in [-0.1, -0.05) is 19.9 Å². The van der Waals surface area contributed by atoms with Gasteiger partial charge in [0.1, 0.15) is 0 Å². The fourth-order valence-corrected chi connectivity index (χ4v) is 2.58. The van der Waals surface area contributed by atoms with Crippen molar-refractivity contribution >= 4 is 11.6 Å². The summed E-state index contributed by atoms with van der Waals surface area (Å²) in [4.78, 5) is 13.7. The zero-order valence-corrected chi connectivity index (χ0v) is 12.3. The van der Waals surface area contributed by atoms with E-state index in [4.69, 9.17) is 0 Å². The molecule has 0 saturated carbocycles. The first-order chi connectivity index (χ1) is 9.70. The molecule has 0 radical (unpaired) electrons. The number of rotatable bonds is 3. The average Bonchev–Trinajstić information content (AvgIpc) is 2.70. The molecule has 1 aromatic rings. The molecule has 6 heteroatoms. The van der Waals surface area contributed by atoms with Crippen LogP contribution in [0.5, 0.6) is 0 Å². The Hall–Kier alpha value is -1.56. The topological polar surface area (TPSA) is 32.3 Å². The van der Waals surface area contributed by atoms with E-state index in [2.05, 4.69) is 5.32 Å². The van der Waals surface area contributed by atoms with Crippen molar-refractivity contribution in [2.75, 3.05) is 11.4 Å². The van der Waals surface area contributed by atoms with Crippen molar-refractivity contribution in [3.63, 3.8) is 0 Å². The monoisotopic (exact) mass is 300 g/mol. The SMILES string of the molecule is Cc1ccc(N2CCC(NC(C)C)C2=O)cc1C(F)(F)F. The number of carbonyl (C=O) groups is 1.